The third-order valence-electron chi connectivity index (χ3n) is 3.92. The average molecular weight is 277 g/mol. The first-order chi connectivity index (χ1) is 9.76. The van der Waals surface area contributed by atoms with E-state index in [1.165, 1.54) is 32.1 Å². The minimum atomic E-state index is -0.0914. The molecule has 0 heterocycles. The summed E-state index contributed by atoms with van der Waals surface area (Å²) in [6.07, 6.45) is 6.32. The third-order valence-corrected chi connectivity index (χ3v) is 3.92. The summed E-state index contributed by atoms with van der Waals surface area (Å²) < 4.78 is 10.5. The number of carbonyl (C=O) groups excluding carboxylic acids is 1. The second-order valence-corrected chi connectivity index (χ2v) is 5.26. The lowest BCUT2D eigenvalue weighted by Gasteiger charge is -2.22. The topological polar surface area (TPSA) is 47.6 Å². The largest absolute Gasteiger partial charge is 0.493 e. The van der Waals surface area contributed by atoms with Gasteiger partial charge in [0.2, 0.25) is 0 Å². The summed E-state index contributed by atoms with van der Waals surface area (Å²) in [5, 5.41) is 3.02. The van der Waals surface area contributed by atoms with E-state index in [0.717, 1.165) is 6.54 Å². The van der Waals surface area contributed by atoms with Crippen LogP contribution in [0.2, 0.25) is 0 Å². The van der Waals surface area contributed by atoms with E-state index in [0.29, 0.717) is 23.0 Å². The van der Waals surface area contributed by atoms with Crippen molar-refractivity contribution in [2.45, 2.75) is 32.1 Å². The van der Waals surface area contributed by atoms with Gasteiger partial charge in [-0.2, -0.15) is 0 Å². The van der Waals surface area contributed by atoms with Crippen molar-refractivity contribution >= 4 is 5.91 Å². The molecule has 0 radical (unpaired) electrons. The van der Waals surface area contributed by atoms with E-state index in [1.807, 2.05) is 0 Å². The zero-order chi connectivity index (χ0) is 14.4. The predicted octanol–water partition coefficient (Wildman–Crippen LogP) is 3.01. The Balaban J connectivity index is 2.01. The van der Waals surface area contributed by atoms with Gasteiger partial charge in [-0.25, -0.2) is 0 Å². The smallest absolute Gasteiger partial charge is 0.255 e. The second kappa shape index (κ2) is 7.17. The maximum Gasteiger partial charge on any atom is 0.255 e. The van der Waals surface area contributed by atoms with Gasteiger partial charge in [0.25, 0.3) is 5.91 Å². The van der Waals surface area contributed by atoms with Gasteiger partial charge in [-0.3, -0.25) is 4.79 Å². The predicted molar refractivity (Wildman–Crippen MR) is 78.5 cm³/mol. The molecule has 0 spiro atoms. The Morgan fingerprint density at radius 2 is 1.95 bits per heavy atom. The SMILES string of the molecule is COc1cccc(C(=O)NCC2CCCCC2)c1OC. The molecular weight excluding hydrogens is 254 g/mol. The normalized spacial score (nSPS) is 15.7. The maximum atomic E-state index is 12.3. The van der Waals surface area contributed by atoms with Gasteiger partial charge in [0.1, 0.15) is 0 Å². The first kappa shape index (κ1) is 14.7. The van der Waals surface area contributed by atoms with Crippen LogP contribution in [0.25, 0.3) is 0 Å². The third kappa shape index (κ3) is 3.44. The number of carbonyl (C=O) groups is 1. The molecule has 1 aromatic rings. The molecule has 0 aliphatic heterocycles. The zero-order valence-electron chi connectivity index (χ0n) is 12.3. The van der Waals surface area contributed by atoms with Gasteiger partial charge in [0.15, 0.2) is 11.5 Å². The number of rotatable bonds is 5. The number of nitrogens with one attached hydrogen (secondary N) is 1. The molecular formula is C16H23NO3. The number of ether oxygens (including phenoxy) is 2. The highest BCUT2D eigenvalue weighted by molar-refractivity contribution is 5.97. The standard InChI is InChI=1S/C16H23NO3/c1-19-14-10-6-9-13(15(14)20-2)16(18)17-11-12-7-4-3-5-8-12/h6,9-10,12H,3-5,7-8,11H2,1-2H3,(H,17,18). The lowest BCUT2D eigenvalue weighted by Crippen LogP contribution is -2.30. The molecule has 1 aliphatic carbocycles. The Morgan fingerprint density at radius 1 is 1.20 bits per heavy atom. The number of amides is 1. The first-order valence-electron chi connectivity index (χ1n) is 7.25. The monoisotopic (exact) mass is 277 g/mol. The van der Waals surface area contributed by atoms with Crippen LogP contribution in [-0.4, -0.2) is 26.7 Å². The lowest BCUT2D eigenvalue weighted by atomic mass is 9.89. The van der Waals surface area contributed by atoms with Gasteiger partial charge in [0, 0.05) is 6.54 Å². The van der Waals surface area contributed by atoms with Crippen LogP contribution < -0.4 is 14.8 Å². The molecule has 0 bridgehead atoms. The molecule has 1 saturated carbocycles. The molecule has 1 fully saturated rings. The summed E-state index contributed by atoms with van der Waals surface area (Å²) in [6, 6.07) is 5.35. The number of para-hydroxylation sites is 1. The summed E-state index contributed by atoms with van der Waals surface area (Å²) in [6.45, 7) is 0.749. The van der Waals surface area contributed by atoms with Crippen LogP contribution in [0.3, 0.4) is 0 Å². The van der Waals surface area contributed by atoms with E-state index >= 15 is 0 Å². The fourth-order valence-electron chi connectivity index (χ4n) is 2.79. The van der Waals surface area contributed by atoms with Crippen molar-refractivity contribution < 1.29 is 14.3 Å². The van der Waals surface area contributed by atoms with E-state index in [1.54, 1.807) is 32.4 Å². The molecule has 4 nitrogen and oxygen atoms in total. The van der Waals surface area contributed by atoms with Crippen LogP contribution in [0.15, 0.2) is 18.2 Å². The minimum Gasteiger partial charge on any atom is -0.493 e. The summed E-state index contributed by atoms with van der Waals surface area (Å²) >= 11 is 0. The van der Waals surface area contributed by atoms with Crippen LogP contribution in [0.4, 0.5) is 0 Å². The number of methoxy groups -OCH3 is 2. The van der Waals surface area contributed by atoms with Crippen molar-refractivity contribution in [1.82, 2.24) is 5.32 Å². The van der Waals surface area contributed by atoms with Gasteiger partial charge in [-0.1, -0.05) is 25.3 Å². The number of hydrogen-bond acceptors (Lipinski definition) is 3. The highest BCUT2D eigenvalue weighted by Gasteiger charge is 2.18. The Bertz CT molecular complexity index is 453. The highest BCUT2D eigenvalue weighted by atomic mass is 16.5. The Kier molecular flexibility index (Phi) is 5.27. The fourth-order valence-corrected chi connectivity index (χ4v) is 2.79. The molecule has 1 N–H and O–H groups in total. The van der Waals surface area contributed by atoms with Gasteiger partial charge in [0.05, 0.1) is 19.8 Å². The Morgan fingerprint density at radius 3 is 2.60 bits per heavy atom. The Hall–Kier alpha value is -1.71. The quantitative estimate of drug-likeness (QED) is 0.900. The molecule has 0 unspecified atom stereocenters. The van der Waals surface area contributed by atoms with Gasteiger partial charge < -0.3 is 14.8 Å². The fraction of sp³-hybridized carbons (Fsp3) is 0.562. The van der Waals surface area contributed by atoms with E-state index in [-0.39, 0.29) is 5.91 Å². The second-order valence-electron chi connectivity index (χ2n) is 5.26. The molecule has 1 amide bonds. The van der Waals surface area contributed by atoms with E-state index in [2.05, 4.69) is 5.32 Å². The van der Waals surface area contributed by atoms with Crippen LogP contribution in [0.1, 0.15) is 42.5 Å². The maximum absolute atomic E-state index is 12.3. The van der Waals surface area contributed by atoms with Crippen LogP contribution >= 0.6 is 0 Å². The zero-order valence-corrected chi connectivity index (χ0v) is 12.3. The summed E-state index contributed by atoms with van der Waals surface area (Å²) in [4.78, 5) is 12.3. The first-order valence-corrected chi connectivity index (χ1v) is 7.25. The minimum absolute atomic E-state index is 0.0914. The highest BCUT2D eigenvalue weighted by Crippen LogP contribution is 2.30. The molecule has 4 heteroatoms. The molecule has 0 aromatic heterocycles. The summed E-state index contributed by atoms with van der Waals surface area (Å²) in [7, 11) is 3.12. The molecule has 110 valence electrons. The summed E-state index contributed by atoms with van der Waals surface area (Å²) in [5.74, 6) is 1.60. The Labute approximate surface area is 120 Å². The molecule has 1 aliphatic rings. The van der Waals surface area contributed by atoms with Gasteiger partial charge in [-0.05, 0) is 30.9 Å². The average Bonchev–Trinajstić information content (AvgIpc) is 2.52. The van der Waals surface area contributed by atoms with Crippen molar-refractivity contribution in [1.29, 1.82) is 0 Å². The molecule has 20 heavy (non-hydrogen) atoms. The van der Waals surface area contributed by atoms with Crippen molar-refractivity contribution in [2.24, 2.45) is 5.92 Å². The van der Waals surface area contributed by atoms with Gasteiger partial charge in [-0.15, -0.1) is 0 Å². The lowest BCUT2D eigenvalue weighted by molar-refractivity contribution is 0.0940. The van der Waals surface area contributed by atoms with Crippen LogP contribution in [-0.2, 0) is 0 Å². The van der Waals surface area contributed by atoms with Crippen molar-refractivity contribution in [3.63, 3.8) is 0 Å². The molecule has 0 saturated heterocycles. The number of benzene rings is 1. The van der Waals surface area contributed by atoms with Crippen LogP contribution in [0.5, 0.6) is 11.5 Å². The van der Waals surface area contributed by atoms with Crippen LogP contribution in [0, 0.1) is 5.92 Å². The molecule has 2 rings (SSSR count). The van der Waals surface area contributed by atoms with Gasteiger partial charge >= 0.3 is 0 Å². The van der Waals surface area contributed by atoms with Crippen molar-refractivity contribution in [3.05, 3.63) is 23.8 Å². The number of hydrogen-bond donors (Lipinski definition) is 1. The van der Waals surface area contributed by atoms with E-state index in [4.69, 9.17) is 9.47 Å². The molecule has 0 atom stereocenters. The van der Waals surface area contributed by atoms with Crippen molar-refractivity contribution in [2.75, 3.05) is 20.8 Å². The summed E-state index contributed by atoms with van der Waals surface area (Å²) in [5.41, 5.74) is 0.530. The van der Waals surface area contributed by atoms with Crippen molar-refractivity contribution in [3.8, 4) is 11.5 Å². The van der Waals surface area contributed by atoms with E-state index in [9.17, 15) is 4.79 Å². The molecule has 1 aromatic carbocycles. The van der Waals surface area contributed by atoms with E-state index < -0.39 is 0 Å².